The molecule has 19 heavy (non-hydrogen) atoms. The molecule has 0 aliphatic rings. The van der Waals surface area contributed by atoms with Crippen LogP contribution in [-0.4, -0.2) is 0 Å². The molecule has 0 aromatic heterocycles. The molecule has 0 radical (unpaired) electrons. The minimum atomic E-state index is -0.509. The summed E-state index contributed by atoms with van der Waals surface area (Å²) in [5, 5.41) is 0.0702. The Bertz CT molecular complexity index is 604. The van der Waals surface area contributed by atoms with Crippen molar-refractivity contribution in [1.82, 2.24) is 0 Å². The fourth-order valence-corrected chi connectivity index (χ4v) is 2.45. The predicted molar refractivity (Wildman–Crippen MR) is 78.2 cm³/mol. The summed E-state index contributed by atoms with van der Waals surface area (Å²) < 4.78 is 19.7. The number of hydrogen-bond acceptors (Lipinski definition) is 2. The van der Waals surface area contributed by atoms with Crippen LogP contribution in [-0.2, 0) is 0 Å². The average molecular weight is 345 g/mol. The highest BCUT2D eigenvalue weighted by Crippen LogP contribution is 2.30. The van der Waals surface area contributed by atoms with E-state index < -0.39 is 5.82 Å². The van der Waals surface area contributed by atoms with Crippen LogP contribution in [0.1, 0.15) is 18.5 Å². The topological polar surface area (TPSA) is 35.2 Å². The Balaban J connectivity index is 2.24. The number of rotatable bonds is 3. The molecule has 0 saturated carbocycles. The summed E-state index contributed by atoms with van der Waals surface area (Å²) in [6.07, 6.45) is 0. The zero-order valence-electron chi connectivity index (χ0n) is 10.2. The predicted octanol–water partition coefficient (Wildman–Crippen LogP) is 5.05. The summed E-state index contributed by atoms with van der Waals surface area (Å²) >= 11 is 9.04. The van der Waals surface area contributed by atoms with Crippen LogP contribution in [0.25, 0.3) is 0 Å². The van der Waals surface area contributed by atoms with Gasteiger partial charge in [0.25, 0.3) is 0 Å². The monoisotopic (exact) mass is 343 g/mol. The average Bonchev–Trinajstić information content (AvgIpc) is 2.33. The second kappa shape index (κ2) is 5.90. The zero-order valence-corrected chi connectivity index (χ0v) is 12.5. The summed E-state index contributed by atoms with van der Waals surface area (Å²) in [5.41, 5.74) is 6.80. The molecule has 0 fully saturated rings. The molecular formula is C14H12BrClFNO. The van der Waals surface area contributed by atoms with E-state index in [0.29, 0.717) is 11.5 Å². The maximum Gasteiger partial charge on any atom is 0.145 e. The number of nitrogens with two attached hydrogens (primary N) is 1. The van der Waals surface area contributed by atoms with Crippen molar-refractivity contribution in [2.45, 2.75) is 13.0 Å². The molecule has 0 spiro atoms. The van der Waals surface area contributed by atoms with E-state index in [2.05, 4.69) is 15.9 Å². The third-order valence-electron chi connectivity index (χ3n) is 2.59. The summed E-state index contributed by atoms with van der Waals surface area (Å²) in [5.74, 6) is 0.478. The van der Waals surface area contributed by atoms with Crippen LogP contribution in [0, 0.1) is 5.82 Å². The van der Waals surface area contributed by atoms with Crippen LogP contribution in [0.5, 0.6) is 11.5 Å². The van der Waals surface area contributed by atoms with Gasteiger partial charge in [0.1, 0.15) is 17.3 Å². The number of benzene rings is 2. The second-order valence-corrected chi connectivity index (χ2v) is 5.41. The van der Waals surface area contributed by atoms with Gasteiger partial charge < -0.3 is 10.5 Å². The minimum Gasteiger partial charge on any atom is -0.457 e. The van der Waals surface area contributed by atoms with E-state index in [9.17, 15) is 4.39 Å². The van der Waals surface area contributed by atoms with Gasteiger partial charge >= 0.3 is 0 Å². The van der Waals surface area contributed by atoms with Crippen molar-refractivity contribution in [2.24, 2.45) is 5.73 Å². The Morgan fingerprint density at radius 2 is 1.84 bits per heavy atom. The molecule has 0 saturated heterocycles. The first-order valence-electron chi connectivity index (χ1n) is 5.65. The van der Waals surface area contributed by atoms with E-state index in [1.807, 2.05) is 13.0 Å². The largest absolute Gasteiger partial charge is 0.457 e. The normalized spacial score (nSPS) is 12.3. The first-order valence-corrected chi connectivity index (χ1v) is 6.82. The van der Waals surface area contributed by atoms with Crippen molar-refractivity contribution in [3.63, 3.8) is 0 Å². The lowest BCUT2D eigenvalue weighted by Crippen LogP contribution is -2.05. The maximum absolute atomic E-state index is 13.3. The molecule has 2 aromatic carbocycles. The minimum absolute atomic E-state index is 0.0702. The Labute approximate surface area is 124 Å². The van der Waals surface area contributed by atoms with E-state index in [4.69, 9.17) is 22.1 Å². The van der Waals surface area contributed by atoms with Gasteiger partial charge in [0.15, 0.2) is 0 Å². The van der Waals surface area contributed by atoms with Gasteiger partial charge in [0.05, 0.1) is 5.02 Å². The summed E-state index contributed by atoms with van der Waals surface area (Å²) in [6.45, 7) is 1.90. The lowest BCUT2D eigenvalue weighted by atomic mass is 10.1. The highest BCUT2D eigenvalue weighted by molar-refractivity contribution is 9.10. The molecular weight excluding hydrogens is 333 g/mol. The molecule has 0 amide bonds. The number of hydrogen-bond donors (Lipinski definition) is 1. The van der Waals surface area contributed by atoms with Gasteiger partial charge in [0, 0.05) is 16.6 Å². The molecule has 2 nitrogen and oxygen atoms in total. The second-order valence-electron chi connectivity index (χ2n) is 4.15. The maximum atomic E-state index is 13.3. The summed E-state index contributed by atoms with van der Waals surface area (Å²) in [7, 11) is 0. The molecule has 1 atom stereocenters. The van der Waals surface area contributed by atoms with E-state index in [1.54, 1.807) is 18.2 Å². The fraction of sp³-hybridized carbons (Fsp3) is 0.143. The van der Waals surface area contributed by atoms with Gasteiger partial charge in [-0.05, 0) is 36.8 Å². The van der Waals surface area contributed by atoms with Crippen LogP contribution in [0.15, 0.2) is 40.9 Å². The van der Waals surface area contributed by atoms with Crippen molar-refractivity contribution in [2.75, 3.05) is 0 Å². The van der Waals surface area contributed by atoms with Gasteiger partial charge in [-0.15, -0.1) is 0 Å². The van der Waals surface area contributed by atoms with Crippen molar-refractivity contribution >= 4 is 27.5 Å². The van der Waals surface area contributed by atoms with Crippen LogP contribution in [0.2, 0.25) is 5.02 Å². The van der Waals surface area contributed by atoms with Crippen LogP contribution in [0.4, 0.5) is 4.39 Å². The number of halogens is 3. The third kappa shape index (κ3) is 3.47. The molecule has 0 unspecified atom stereocenters. The molecule has 100 valence electrons. The van der Waals surface area contributed by atoms with E-state index >= 15 is 0 Å². The van der Waals surface area contributed by atoms with Gasteiger partial charge in [-0.1, -0.05) is 33.6 Å². The van der Waals surface area contributed by atoms with Crippen LogP contribution < -0.4 is 10.5 Å². The Hall–Kier alpha value is -1.10. The summed E-state index contributed by atoms with van der Waals surface area (Å²) in [4.78, 5) is 0. The molecule has 0 bridgehead atoms. The van der Waals surface area contributed by atoms with E-state index in [1.165, 1.54) is 12.1 Å². The zero-order chi connectivity index (χ0) is 14.0. The van der Waals surface area contributed by atoms with Gasteiger partial charge in [-0.3, -0.25) is 0 Å². The molecule has 0 aliphatic carbocycles. The Kier molecular flexibility index (Phi) is 4.45. The van der Waals surface area contributed by atoms with Crippen molar-refractivity contribution in [1.29, 1.82) is 0 Å². The van der Waals surface area contributed by atoms with Crippen LogP contribution >= 0.6 is 27.5 Å². The lowest BCUT2D eigenvalue weighted by molar-refractivity contribution is 0.476. The smallest absolute Gasteiger partial charge is 0.145 e. The Morgan fingerprint density at radius 3 is 2.42 bits per heavy atom. The molecule has 2 N–H and O–H groups in total. The molecule has 5 heteroatoms. The molecule has 0 heterocycles. The first-order chi connectivity index (χ1) is 8.97. The molecule has 2 rings (SSSR count). The van der Waals surface area contributed by atoms with Crippen molar-refractivity contribution in [3.8, 4) is 11.5 Å². The quantitative estimate of drug-likeness (QED) is 0.845. The Morgan fingerprint density at radius 1 is 1.21 bits per heavy atom. The van der Waals surface area contributed by atoms with Crippen molar-refractivity contribution in [3.05, 3.63) is 57.3 Å². The van der Waals surface area contributed by atoms with E-state index in [0.717, 1.165) is 10.0 Å². The standard InChI is InChI=1S/C14H12BrClFNO/c1-8(18)11-4-2-9(6-12(11)15)19-10-3-5-13(16)14(17)7-10/h2-8H,18H2,1H3/t8-/m1/s1. The third-order valence-corrected chi connectivity index (χ3v) is 3.58. The first kappa shape index (κ1) is 14.3. The van der Waals surface area contributed by atoms with Gasteiger partial charge in [-0.2, -0.15) is 0 Å². The highest BCUT2D eigenvalue weighted by atomic mass is 79.9. The lowest BCUT2D eigenvalue weighted by Gasteiger charge is -2.11. The highest BCUT2D eigenvalue weighted by Gasteiger charge is 2.08. The molecule has 0 aliphatic heterocycles. The van der Waals surface area contributed by atoms with Crippen molar-refractivity contribution < 1.29 is 9.13 Å². The number of ether oxygens (including phenoxy) is 1. The molecule has 2 aromatic rings. The fourth-order valence-electron chi connectivity index (χ4n) is 1.62. The van der Waals surface area contributed by atoms with Gasteiger partial charge in [-0.25, -0.2) is 4.39 Å². The summed E-state index contributed by atoms with van der Waals surface area (Å²) in [6, 6.07) is 9.69. The van der Waals surface area contributed by atoms with Crippen LogP contribution in [0.3, 0.4) is 0 Å². The van der Waals surface area contributed by atoms with E-state index in [-0.39, 0.29) is 11.1 Å². The SMILES string of the molecule is C[C@@H](N)c1ccc(Oc2ccc(Cl)c(F)c2)cc1Br. The van der Waals surface area contributed by atoms with Gasteiger partial charge in [0.2, 0.25) is 0 Å².